The van der Waals surface area contributed by atoms with Crippen LogP contribution in [0.4, 0.5) is 20.2 Å². The molecule has 0 aliphatic rings. The third kappa shape index (κ3) is 6.20. The van der Waals surface area contributed by atoms with Crippen molar-refractivity contribution >= 4 is 45.6 Å². The van der Waals surface area contributed by atoms with Gasteiger partial charge in [0.1, 0.15) is 0 Å². The van der Waals surface area contributed by atoms with Gasteiger partial charge in [-0.05, 0) is 49.4 Å². The fourth-order valence-corrected chi connectivity index (χ4v) is 4.15. The predicted octanol–water partition coefficient (Wildman–Crippen LogP) is 6.11. The van der Waals surface area contributed by atoms with Gasteiger partial charge in [0.05, 0.1) is 35.7 Å². The maximum absolute atomic E-state index is 13.1. The number of hydrogen-bond donors (Lipinski definition) is 1. The number of alkyl halides is 2. The van der Waals surface area contributed by atoms with E-state index in [1.54, 1.807) is 23.1 Å². The SMILES string of the molecule is Cn1cc(-c2cnc3ccc(N(CCCNCC(C)(F)F)c4cc(Cl)cc(Cl)c4)cc3n2)cn1. The van der Waals surface area contributed by atoms with Gasteiger partial charge in [-0.1, -0.05) is 23.2 Å². The van der Waals surface area contributed by atoms with Crippen LogP contribution in [0.15, 0.2) is 55.0 Å². The standard InChI is InChI=1S/C24H24Cl2F2N6/c1-24(27,28)15-29-6-3-7-34(20-9-17(25)8-18(26)10-20)19-4-5-21-22(11-19)32-23(13-30-21)16-12-31-33(2)14-16/h4-5,8-14,29H,3,6-7,15H2,1-2H3. The molecule has 0 spiro atoms. The van der Waals surface area contributed by atoms with Gasteiger partial charge in [0, 0.05) is 53.7 Å². The van der Waals surface area contributed by atoms with Crippen LogP contribution in [-0.4, -0.2) is 45.3 Å². The lowest BCUT2D eigenvalue weighted by atomic mass is 10.2. The topological polar surface area (TPSA) is 58.9 Å². The van der Waals surface area contributed by atoms with Gasteiger partial charge >= 0.3 is 0 Å². The minimum Gasteiger partial charge on any atom is -0.341 e. The minimum absolute atomic E-state index is 0.362. The molecule has 0 amide bonds. The van der Waals surface area contributed by atoms with Crippen molar-refractivity contribution in [3.05, 3.63) is 65.0 Å². The number of nitrogens with one attached hydrogen (secondary N) is 1. The number of halogens is 4. The van der Waals surface area contributed by atoms with Crippen molar-refractivity contribution in [1.82, 2.24) is 25.1 Å². The highest BCUT2D eigenvalue weighted by atomic mass is 35.5. The van der Waals surface area contributed by atoms with Gasteiger partial charge in [-0.15, -0.1) is 0 Å². The van der Waals surface area contributed by atoms with Crippen LogP contribution in [0.25, 0.3) is 22.3 Å². The van der Waals surface area contributed by atoms with E-state index in [1.165, 1.54) is 0 Å². The molecule has 2 heterocycles. The highest BCUT2D eigenvalue weighted by Crippen LogP contribution is 2.32. The van der Waals surface area contributed by atoms with E-state index in [9.17, 15) is 8.78 Å². The minimum atomic E-state index is -2.75. The Balaban J connectivity index is 1.64. The monoisotopic (exact) mass is 504 g/mol. The second-order valence-electron chi connectivity index (χ2n) is 8.21. The lowest BCUT2D eigenvalue weighted by molar-refractivity contribution is 0.0229. The van der Waals surface area contributed by atoms with Crippen LogP contribution in [0.5, 0.6) is 0 Å². The lowest BCUT2D eigenvalue weighted by Gasteiger charge is -2.26. The van der Waals surface area contributed by atoms with Gasteiger partial charge in [0.2, 0.25) is 0 Å². The molecule has 10 heteroatoms. The summed E-state index contributed by atoms with van der Waals surface area (Å²) in [6.45, 7) is 1.53. The van der Waals surface area contributed by atoms with Crippen molar-refractivity contribution in [2.75, 3.05) is 24.5 Å². The molecule has 0 aliphatic carbocycles. The lowest BCUT2D eigenvalue weighted by Crippen LogP contribution is -2.32. The number of nitrogens with zero attached hydrogens (tertiary/aromatic N) is 5. The van der Waals surface area contributed by atoms with Crippen molar-refractivity contribution in [3.63, 3.8) is 0 Å². The fourth-order valence-electron chi connectivity index (χ4n) is 3.63. The molecule has 34 heavy (non-hydrogen) atoms. The zero-order valence-corrected chi connectivity index (χ0v) is 20.3. The number of aromatic nitrogens is 4. The van der Waals surface area contributed by atoms with Crippen LogP contribution < -0.4 is 10.2 Å². The van der Waals surface area contributed by atoms with E-state index in [1.807, 2.05) is 48.5 Å². The Morgan fingerprint density at radius 3 is 2.47 bits per heavy atom. The summed E-state index contributed by atoms with van der Waals surface area (Å²) in [5, 5.41) is 8.03. The molecule has 1 N–H and O–H groups in total. The molecule has 0 fully saturated rings. The van der Waals surface area contributed by atoms with Crippen LogP contribution in [-0.2, 0) is 7.05 Å². The molecule has 4 rings (SSSR count). The largest absolute Gasteiger partial charge is 0.341 e. The number of fused-ring (bicyclic) bond motifs is 1. The van der Waals surface area contributed by atoms with E-state index in [0.29, 0.717) is 29.6 Å². The van der Waals surface area contributed by atoms with E-state index in [0.717, 1.165) is 40.6 Å². The Hall–Kier alpha value is -2.81. The molecule has 178 valence electrons. The van der Waals surface area contributed by atoms with Crippen LogP contribution in [0.3, 0.4) is 0 Å². The summed E-state index contributed by atoms with van der Waals surface area (Å²) in [5.41, 5.74) is 4.74. The van der Waals surface area contributed by atoms with Crippen LogP contribution >= 0.6 is 23.2 Å². The van der Waals surface area contributed by atoms with Gasteiger partial charge in [-0.2, -0.15) is 5.10 Å². The van der Waals surface area contributed by atoms with Gasteiger partial charge in [-0.25, -0.2) is 13.8 Å². The normalized spacial score (nSPS) is 11.8. The molecular formula is C24H24Cl2F2N6. The molecule has 2 aromatic carbocycles. The van der Waals surface area contributed by atoms with Crippen LogP contribution in [0, 0.1) is 0 Å². The molecule has 0 unspecified atom stereocenters. The average Bonchev–Trinajstić information content (AvgIpc) is 3.20. The Kier molecular flexibility index (Phi) is 7.30. The summed E-state index contributed by atoms with van der Waals surface area (Å²) in [5.74, 6) is -2.75. The number of benzene rings is 2. The smallest absolute Gasteiger partial charge is 0.257 e. The Labute approximate surface area is 206 Å². The number of anilines is 2. The second kappa shape index (κ2) is 10.2. The van der Waals surface area contributed by atoms with Crippen molar-refractivity contribution in [2.24, 2.45) is 7.05 Å². The quantitative estimate of drug-likeness (QED) is 0.278. The summed E-state index contributed by atoms with van der Waals surface area (Å²) in [7, 11) is 1.85. The first-order valence-corrected chi connectivity index (χ1v) is 11.5. The number of hydrogen-bond acceptors (Lipinski definition) is 5. The van der Waals surface area contributed by atoms with Crippen molar-refractivity contribution in [2.45, 2.75) is 19.3 Å². The Morgan fingerprint density at radius 1 is 1.03 bits per heavy atom. The fraction of sp³-hybridized carbons (Fsp3) is 0.292. The van der Waals surface area contributed by atoms with Crippen LogP contribution in [0.1, 0.15) is 13.3 Å². The molecule has 4 aromatic rings. The maximum atomic E-state index is 13.1. The molecular weight excluding hydrogens is 481 g/mol. The zero-order valence-electron chi connectivity index (χ0n) is 18.8. The summed E-state index contributed by atoms with van der Waals surface area (Å²) >= 11 is 12.5. The first-order chi connectivity index (χ1) is 16.2. The molecule has 0 radical (unpaired) electrons. The summed E-state index contributed by atoms with van der Waals surface area (Å²) < 4.78 is 27.9. The van der Waals surface area contributed by atoms with Gasteiger partial charge in [-0.3, -0.25) is 9.67 Å². The maximum Gasteiger partial charge on any atom is 0.257 e. The van der Waals surface area contributed by atoms with Gasteiger partial charge in [0.15, 0.2) is 0 Å². The average molecular weight is 505 g/mol. The molecule has 2 aromatic heterocycles. The van der Waals surface area contributed by atoms with Crippen molar-refractivity contribution in [3.8, 4) is 11.3 Å². The molecule has 0 atom stereocenters. The Bertz CT molecular complexity index is 1270. The van der Waals surface area contributed by atoms with E-state index >= 15 is 0 Å². The number of aryl methyl sites for hydroxylation is 1. The molecule has 0 saturated carbocycles. The number of rotatable bonds is 9. The predicted molar refractivity (Wildman–Crippen MR) is 133 cm³/mol. The van der Waals surface area contributed by atoms with E-state index < -0.39 is 5.92 Å². The molecule has 0 bridgehead atoms. The molecule has 6 nitrogen and oxygen atoms in total. The van der Waals surface area contributed by atoms with E-state index in [2.05, 4.69) is 15.4 Å². The summed E-state index contributed by atoms with van der Waals surface area (Å²) in [6.07, 6.45) is 5.97. The molecule has 0 aliphatic heterocycles. The van der Waals surface area contributed by atoms with Gasteiger partial charge in [0.25, 0.3) is 5.92 Å². The summed E-state index contributed by atoms with van der Waals surface area (Å²) in [6, 6.07) is 11.1. The third-order valence-electron chi connectivity index (χ3n) is 5.17. The van der Waals surface area contributed by atoms with Gasteiger partial charge < -0.3 is 10.2 Å². The highest BCUT2D eigenvalue weighted by molar-refractivity contribution is 6.35. The van der Waals surface area contributed by atoms with E-state index in [-0.39, 0.29) is 6.54 Å². The third-order valence-corrected chi connectivity index (χ3v) is 5.60. The van der Waals surface area contributed by atoms with Crippen molar-refractivity contribution < 1.29 is 8.78 Å². The highest BCUT2D eigenvalue weighted by Gasteiger charge is 2.20. The molecule has 0 saturated heterocycles. The van der Waals surface area contributed by atoms with Crippen molar-refractivity contribution in [1.29, 1.82) is 0 Å². The zero-order chi connectivity index (χ0) is 24.3. The Morgan fingerprint density at radius 2 is 1.79 bits per heavy atom. The summed E-state index contributed by atoms with van der Waals surface area (Å²) in [4.78, 5) is 11.4. The first-order valence-electron chi connectivity index (χ1n) is 10.8. The second-order valence-corrected chi connectivity index (χ2v) is 9.08. The van der Waals surface area contributed by atoms with E-state index in [4.69, 9.17) is 28.2 Å². The first kappa shape index (κ1) is 24.3. The van der Waals surface area contributed by atoms with Crippen LogP contribution in [0.2, 0.25) is 10.0 Å².